The minimum absolute atomic E-state index is 0.0271. The standard InChI is InChI=1S/C30H18F7N/c1-16(31)30(37)21-7-9-23(29(36)14-21)20-6-8-22(28(35)13-20)19-5-4-18(25(32)12-19)3-2-17-10-26(33)24(15-38)27(34)11-17/h4-14H,2-3H2,1H3/b30-16+. The zero-order chi connectivity index (χ0) is 27.6. The third-order valence-corrected chi connectivity index (χ3v) is 6.07. The molecule has 0 aliphatic rings. The first-order chi connectivity index (χ1) is 18.1. The Labute approximate surface area is 214 Å². The molecule has 38 heavy (non-hydrogen) atoms. The first kappa shape index (κ1) is 26.7. The summed E-state index contributed by atoms with van der Waals surface area (Å²) < 4.78 is 98.7. The van der Waals surface area contributed by atoms with Crippen LogP contribution >= 0.6 is 0 Å². The lowest BCUT2D eigenvalue weighted by molar-refractivity contribution is 0.572. The van der Waals surface area contributed by atoms with Gasteiger partial charge in [-0.25, -0.2) is 30.7 Å². The smallest absolute Gasteiger partial charge is 0.161 e. The predicted octanol–water partition coefficient (Wildman–Crippen LogP) is 9.00. The molecule has 0 spiro atoms. The van der Waals surface area contributed by atoms with Crippen LogP contribution in [-0.2, 0) is 12.8 Å². The van der Waals surface area contributed by atoms with Gasteiger partial charge in [0.2, 0.25) is 0 Å². The summed E-state index contributed by atoms with van der Waals surface area (Å²) in [6.07, 6.45) is 0.207. The van der Waals surface area contributed by atoms with Gasteiger partial charge in [0.15, 0.2) is 5.83 Å². The fourth-order valence-corrected chi connectivity index (χ4v) is 4.07. The molecule has 4 aromatic rings. The van der Waals surface area contributed by atoms with E-state index in [1.165, 1.54) is 42.5 Å². The lowest BCUT2D eigenvalue weighted by atomic mass is 9.96. The van der Waals surface area contributed by atoms with Crippen LogP contribution in [-0.4, -0.2) is 0 Å². The van der Waals surface area contributed by atoms with Gasteiger partial charge in [0, 0.05) is 16.7 Å². The number of nitrogens with zero attached hydrogens (tertiary/aromatic N) is 1. The van der Waals surface area contributed by atoms with Gasteiger partial charge in [-0.05, 0) is 72.4 Å². The summed E-state index contributed by atoms with van der Waals surface area (Å²) in [6, 6.07) is 14.6. The van der Waals surface area contributed by atoms with Gasteiger partial charge in [-0.15, -0.1) is 0 Å². The Balaban J connectivity index is 1.54. The molecule has 0 atom stereocenters. The van der Waals surface area contributed by atoms with Crippen LogP contribution in [0, 0.1) is 40.4 Å². The van der Waals surface area contributed by atoms with Crippen molar-refractivity contribution in [2.75, 3.05) is 0 Å². The highest BCUT2D eigenvalue weighted by molar-refractivity contribution is 5.73. The number of hydrogen-bond donors (Lipinski definition) is 0. The molecule has 1 nitrogen and oxygen atoms in total. The predicted molar refractivity (Wildman–Crippen MR) is 130 cm³/mol. The zero-order valence-electron chi connectivity index (χ0n) is 19.9. The second-order valence-electron chi connectivity index (χ2n) is 8.59. The first-order valence-electron chi connectivity index (χ1n) is 11.4. The monoisotopic (exact) mass is 525 g/mol. The molecule has 0 fully saturated rings. The van der Waals surface area contributed by atoms with Crippen molar-refractivity contribution in [3.8, 4) is 28.3 Å². The van der Waals surface area contributed by atoms with Crippen LogP contribution in [0.4, 0.5) is 30.7 Å². The molecular weight excluding hydrogens is 507 g/mol. The van der Waals surface area contributed by atoms with Crippen molar-refractivity contribution in [2.24, 2.45) is 0 Å². The SMILES string of the molecule is C/C(F)=C(\F)c1ccc(-c2ccc(-c3ccc(CCc4cc(F)c(C#N)c(F)c4)c(F)c3)c(F)c2)c(F)c1. The van der Waals surface area contributed by atoms with Crippen LogP contribution in [0.15, 0.2) is 72.6 Å². The number of benzene rings is 4. The van der Waals surface area contributed by atoms with Gasteiger partial charge in [0.05, 0.1) is 0 Å². The molecule has 192 valence electrons. The third kappa shape index (κ3) is 5.47. The second kappa shape index (κ2) is 10.9. The first-order valence-corrected chi connectivity index (χ1v) is 11.4. The molecule has 4 rings (SSSR count). The quantitative estimate of drug-likeness (QED) is 0.231. The Kier molecular flexibility index (Phi) is 7.67. The van der Waals surface area contributed by atoms with Gasteiger partial charge < -0.3 is 0 Å². The van der Waals surface area contributed by atoms with Crippen molar-refractivity contribution in [3.63, 3.8) is 0 Å². The van der Waals surface area contributed by atoms with Crippen LogP contribution in [0.1, 0.15) is 29.2 Å². The lowest BCUT2D eigenvalue weighted by Crippen LogP contribution is -1.99. The highest BCUT2D eigenvalue weighted by Crippen LogP contribution is 2.32. The summed E-state index contributed by atoms with van der Waals surface area (Å²) in [6.45, 7) is 0.905. The highest BCUT2D eigenvalue weighted by Gasteiger charge is 2.15. The maximum atomic E-state index is 14.9. The molecule has 4 aromatic carbocycles. The molecule has 0 bridgehead atoms. The molecule has 0 unspecified atom stereocenters. The zero-order valence-corrected chi connectivity index (χ0v) is 19.9. The van der Waals surface area contributed by atoms with E-state index in [2.05, 4.69) is 0 Å². The van der Waals surface area contributed by atoms with Gasteiger partial charge in [0.25, 0.3) is 0 Å². The van der Waals surface area contributed by atoms with Gasteiger partial charge in [0.1, 0.15) is 46.5 Å². The van der Waals surface area contributed by atoms with E-state index in [0.29, 0.717) is 0 Å². The van der Waals surface area contributed by atoms with Crippen molar-refractivity contribution in [2.45, 2.75) is 19.8 Å². The maximum Gasteiger partial charge on any atom is 0.161 e. The summed E-state index contributed by atoms with van der Waals surface area (Å²) in [5.74, 6) is -6.56. The lowest BCUT2D eigenvalue weighted by Gasteiger charge is -2.11. The van der Waals surface area contributed by atoms with E-state index in [9.17, 15) is 30.7 Å². The number of rotatable bonds is 6. The molecule has 0 aliphatic carbocycles. The Morgan fingerprint density at radius 2 is 1.21 bits per heavy atom. The highest BCUT2D eigenvalue weighted by atomic mass is 19.2. The molecule has 8 heteroatoms. The van der Waals surface area contributed by atoms with Crippen LogP contribution in [0.3, 0.4) is 0 Å². The van der Waals surface area contributed by atoms with Gasteiger partial charge >= 0.3 is 0 Å². The van der Waals surface area contributed by atoms with Crippen molar-refractivity contribution in [1.82, 2.24) is 0 Å². The second-order valence-corrected chi connectivity index (χ2v) is 8.59. The maximum absolute atomic E-state index is 14.9. The largest absolute Gasteiger partial charge is 0.209 e. The van der Waals surface area contributed by atoms with Gasteiger partial charge in [-0.2, -0.15) is 5.26 Å². The molecule has 0 heterocycles. The molecule has 0 amide bonds. The van der Waals surface area contributed by atoms with Crippen molar-refractivity contribution in [3.05, 3.63) is 124 Å². The van der Waals surface area contributed by atoms with E-state index in [-0.39, 0.29) is 51.8 Å². The number of hydrogen-bond acceptors (Lipinski definition) is 1. The van der Waals surface area contributed by atoms with Crippen LogP contribution in [0.25, 0.3) is 28.1 Å². The minimum atomic E-state index is -1.20. The Hall–Kier alpha value is -4.38. The number of allylic oxidation sites excluding steroid dienone is 1. The average molecular weight is 525 g/mol. The van der Waals surface area contributed by atoms with E-state index in [0.717, 1.165) is 37.3 Å². The van der Waals surface area contributed by atoms with Crippen molar-refractivity contribution >= 4 is 5.83 Å². The van der Waals surface area contributed by atoms with E-state index < -0.39 is 46.3 Å². The summed E-state index contributed by atoms with van der Waals surface area (Å²) in [5, 5.41) is 8.76. The molecule has 0 saturated carbocycles. The number of aryl methyl sites for hydroxylation is 2. The third-order valence-electron chi connectivity index (χ3n) is 6.07. The molecule has 0 saturated heterocycles. The van der Waals surface area contributed by atoms with Crippen molar-refractivity contribution in [1.29, 1.82) is 5.26 Å². The molecule has 0 aromatic heterocycles. The van der Waals surface area contributed by atoms with Gasteiger partial charge in [-0.1, -0.05) is 36.4 Å². The Morgan fingerprint density at radius 1 is 0.658 bits per heavy atom. The molecular formula is C30H18F7N. The Bertz CT molecular complexity index is 1590. The molecule has 0 radical (unpaired) electrons. The number of nitriles is 1. The van der Waals surface area contributed by atoms with E-state index in [1.807, 2.05) is 0 Å². The fourth-order valence-electron chi connectivity index (χ4n) is 4.07. The number of halogens is 7. The van der Waals surface area contributed by atoms with E-state index in [1.54, 1.807) is 0 Å². The van der Waals surface area contributed by atoms with Gasteiger partial charge in [-0.3, -0.25) is 0 Å². The van der Waals surface area contributed by atoms with Crippen LogP contribution in [0.5, 0.6) is 0 Å². The normalized spacial score (nSPS) is 11.8. The van der Waals surface area contributed by atoms with Crippen LogP contribution in [0.2, 0.25) is 0 Å². The summed E-state index contributed by atoms with van der Waals surface area (Å²) in [5.41, 5.74) is -0.0905. The average Bonchev–Trinajstić information content (AvgIpc) is 2.87. The summed E-state index contributed by atoms with van der Waals surface area (Å²) in [4.78, 5) is 0. The van der Waals surface area contributed by atoms with E-state index in [4.69, 9.17) is 5.26 Å². The van der Waals surface area contributed by atoms with Crippen molar-refractivity contribution < 1.29 is 30.7 Å². The molecule has 0 N–H and O–H groups in total. The summed E-state index contributed by atoms with van der Waals surface area (Å²) >= 11 is 0. The topological polar surface area (TPSA) is 23.8 Å². The minimum Gasteiger partial charge on any atom is -0.209 e. The van der Waals surface area contributed by atoms with E-state index >= 15 is 0 Å². The Morgan fingerprint density at radius 3 is 1.74 bits per heavy atom. The van der Waals surface area contributed by atoms with Crippen LogP contribution < -0.4 is 0 Å². The molecule has 0 aliphatic heterocycles. The summed E-state index contributed by atoms with van der Waals surface area (Å²) in [7, 11) is 0. The fraction of sp³-hybridized carbons (Fsp3) is 0.100.